The molecule has 2 N–H and O–H groups in total. The highest BCUT2D eigenvalue weighted by atomic mass is 32.2. The summed E-state index contributed by atoms with van der Waals surface area (Å²) in [6.07, 6.45) is 0. The lowest BCUT2D eigenvalue weighted by Crippen LogP contribution is -2.33. The van der Waals surface area contributed by atoms with Gasteiger partial charge in [0.05, 0.1) is 4.90 Å². The minimum atomic E-state index is -3.47. The molecule has 5 heteroatoms. The van der Waals surface area contributed by atoms with Crippen LogP contribution in [0.5, 0.6) is 0 Å². The lowest BCUT2D eigenvalue weighted by molar-refractivity contribution is 0.463. The molecule has 1 aromatic carbocycles. The van der Waals surface area contributed by atoms with E-state index in [1.165, 1.54) is 5.56 Å². The second-order valence-electron chi connectivity index (χ2n) is 6.42. The Morgan fingerprint density at radius 1 is 0.905 bits per heavy atom. The van der Waals surface area contributed by atoms with Crippen molar-refractivity contribution in [1.82, 2.24) is 4.31 Å². The third-order valence-electron chi connectivity index (χ3n) is 5.17. The topological polar surface area (TPSA) is 63.4 Å². The summed E-state index contributed by atoms with van der Waals surface area (Å²) < 4.78 is 27.7. The van der Waals surface area contributed by atoms with E-state index in [0.717, 1.165) is 22.3 Å². The molecule has 1 saturated heterocycles. The van der Waals surface area contributed by atoms with E-state index in [4.69, 9.17) is 5.73 Å². The van der Waals surface area contributed by atoms with Crippen LogP contribution < -0.4 is 5.73 Å². The lowest BCUT2D eigenvalue weighted by Gasteiger charge is -2.23. The normalized spacial score (nSPS) is 23.8. The van der Waals surface area contributed by atoms with Gasteiger partial charge in [-0.3, -0.25) is 0 Å². The molecule has 0 spiro atoms. The Bertz CT molecular complexity index is 641. The molecule has 0 amide bonds. The van der Waals surface area contributed by atoms with Crippen molar-refractivity contribution < 1.29 is 8.42 Å². The number of nitrogens with zero attached hydrogens (tertiary/aromatic N) is 1. The summed E-state index contributed by atoms with van der Waals surface area (Å²) in [4.78, 5) is 0.476. The molecule has 21 heavy (non-hydrogen) atoms. The maximum atomic E-state index is 13.1. The summed E-state index contributed by atoms with van der Waals surface area (Å²) >= 11 is 0. The molecule has 0 bridgehead atoms. The maximum absolute atomic E-state index is 13.1. The third kappa shape index (κ3) is 2.51. The van der Waals surface area contributed by atoms with E-state index in [2.05, 4.69) is 6.92 Å². The molecule has 4 nitrogen and oxygen atoms in total. The quantitative estimate of drug-likeness (QED) is 0.911. The number of rotatable bonds is 2. The van der Waals surface area contributed by atoms with Gasteiger partial charge in [-0.2, -0.15) is 4.31 Å². The first-order valence-electron chi connectivity index (χ1n) is 7.41. The first-order chi connectivity index (χ1) is 9.59. The predicted octanol–water partition coefficient (Wildman–Crippen LogP) is 2.20. The molecule has 0 saturated carbocycles. The van der Waals surface area contributed by atoms with E-state index in [-0.39, 0.29) is 12.0 Å². The van der Waals surface area contributed by atoms with E-state index in [1.807, 2.05) is 34.6 Å². The standard InChI is InChI=1S/C16H26N2O2S/c1-9-7-18(8-15(9)17)21(19,20)16-13(5)11(3)10(2)12(4)14(16)6/h9,15H,7-8,17H2,1-6H3. The number of hydrogen-bond acceptors (Lipinski definition) is 3. The van der Waals surface area contributed by atoms with Gasteiger partial charge in [-0.25, -0.2) is 8.42 Å². The fraction of sp³-hybridized carbons (Fsp3) is 0.625. The van der Waals surface area contributed by atoms with Crippen molar-refractivity contribution in [1.29, 1.82) is 0 Å². The zero-order valence-electron chi connectivity index (χ0n) is 13.8. The van der Waals surface area contributed by atoms with Crippen LogP contribution in [0, 0.1) is 40.5 Å². The zero-order chi connectivity index (χ0) is 16.1. The van der Waals surface area contributed by atoms with Crippen LogP contribution >= 0.6 is 0 Å². The Morgan fingerprint density at radius 2 is 1.33 bits per heavy atom. The minimum Gasteiger partial charge on any atom is -0.326 e. The van der Waals surface area contributed by atoms with Crippen LogP contribution in [-0.4, -0.2) is 31.9 Å². The molecule has 0 aliphatic carbocycles. The molecule has 2 rings (SSSR count). The Morgan fingerprint density at radius 3 is 1.71 bits per heavy atom. The Hall–Kier alpha value is -0.910. The highest BCUT2D eigenvalue weighted by Gasteiger charge is 2.37. The van der Waals surface area contributed by atoms with Crippen LogP contribution in [0.1, 0.15) is 34.7 Å². The molecular formula is C16H26N2O2S. The Balaban J connectivity index is 2.62. The average Bonchev–Trinajstić information content (AvgIpc) is 2.75. The molecule has 0 aromatic heterocycles. The summed E-state index contributed by atoms with van der Waals surface area (Å²) in [5, 5.41) is 0. The van der Waals surface area contributed by atoms with Gasteiger partial charge in [0.2, 0.25) is 10.0 Å². The van der Waals surface area contributed by atoms with Crippen LogP contribution in [0.4, 0.5) is 0 Å². The summed E-state index contributed by atoms with van der Waals surface area (Å²) in [5.41, 5.74) is 11.0. The largest absolute Gasteiger partial charge is 0.326 e. The monoisotopic (exact) mass is 310 g/mol. The van der Waals surface area contributed by atoms with Gasteiger partial charge in [-0.1, -0.05) is 6.92 Å². The van der Waals surface area contributed by atoms with Crippen LogP contribution in [-0.2, 0) is 10.0 Å². The van der Waals surface area contributed by atoms with E-state index in [1.54, 1.807) is 4.31 Å². The summed E-state index contributed by atoms with van der Waals surface area (Å²) in [7, 11) is -3.47. The number of benzene rings is 1. The van der Waals surface area contributed by atoms with Gasteiger partial charge in [0.25, 0.3) is 0 Å². The number of nitrogens with two attached hydrogens (primary N) is 1. The number of hydrogen-bond donors (Lipinski definition) is 1. The van der Waals surface area contributed by atoms with Crippen LogP contribution in [0.25, 0.3) is 0 Å². The highest BCUT2D eigenvalue weighted by Crippen LogP contribution is 2.33. The van der Waals surface area contributed by atoms with Gasteiger partial charge < -0.3 is 5.73 Å². The van der Waals surface area contributed by atoms with Crippen LogP contribution in [0.3, 0.4) is 0 Å². The average molecular weight is 310 g/mol. The van der Waals surface area contributed by atoms with E-state index >= 15 is 0 Å². The molecule has 1 aromatic rings. The fourth-order valence-electron chi connectivity index (χ4n) is 3.12. The van der Waals surface area contributed by atoms with Gasteiger partial charge in [0, 0.05) is 19.1 Å². The van der Waals surface area contributed by atoms with E-state index in [9.17, 15) is 8.42 Å². The van der Waals surface area contributed by atoms with Crippen molar-refractivity contribution in [2.75, 3.05) is 13.1 Å². The molecule has 1 aliphatic rings. The van der Waals surface area contributed by atoms with Crippen LogP contribution in [0.2, 0.25) is 0 Å². The Kier molecular flexibility index (Phi) is 4.21. The molecule has 118 valence electrons. The Labute approximate surface area is 128 Å². The van der Waals surface area contributed by atoms with Gasteiger partial charge in [0.15, 0.2) is 0 Å². The predicted molar refractivity (Wildman–Crippen MR) is 86.0 cm³/mol. The molecule has 1 heterocycles. The minimum absolute atomic E-state index is 0.0759. The van der Waals surface area contributed by atoms with Crippen molar-refractivity contribution in [2.24, 2.45) is 11.7 Å². The summed E-state index contributed by atoms with van der Waals surface area (Å²) in [5.74, 6) is 0.202. The van der Waals surface area contributed by atoms with Gasteiger partial charge >= 0.3 is 0 Å². The van der Waals surface area contributed by atoms with E-state index in [0.29, 0.717) is 18.0 Å². The van der Waals surface area contributed by atoms with Crippen molar-refractivity contribution in [3.05, 3.63) is 27.8 Å². The van der Waals surface area contributed by atoms with Crippen LogP contribution in [0.15, 0.2) is 4.90 Å². The second kappa shape index (κ2) is 5.38. The number of sulfonamides is 1. The third-order valence-corrected chi connectivity index (χ3v) is 7.27. The van der Waals surface area contributed by atoms with Crippen molar-refractivity contribution in [2.45, 2.75) is 52.5 Å². The second-order valence-corrected chi connectivity index (χ2v) is 8.29. The molecule has 0 radical (unpaired) electrons. The summed E-state index contributed by atoms with van der Waals surface area (Å²) in [6.45, 7) is 12.8. The smallest absolute Gasteiger partial charge is 0.243 e. The maximum Gasteiger partial charge on any atom is 0.243 e. The summed E-state index contributed by atoms with van der Waals surface area (Å²) in [6, 6.07) is -0.0759. The molecule has 2 atom stereocenters. The van der Waals surface area contributed by atoms with Crippen molar-refractivity contribution >= 4 is 10.0 Å². The molecule has 1 aliphatic heterocycles. The van der Waals surface area contributed by atoms with E-state index < -0.39 is 10.0 Å². The first-order valence-corrected chi connectivity index (χ1v) is 8.85. The fourth-order valence-corrected chi connectivity index (χ4v) is 5.26. The zero-order valence-corrected chi connectivity index (χ0v) is 14.6. The molecule has 2 unspecified atom stereocenters. The van der Waals surface area contributed by atoms with Gasteiger partial charge in [0.1, 0.15) is 0 Å². The van der Waals surface area contributed by atoms with Gasteiger partial charge in [-0.15, -0.1) is 0 Å². The SMILES string of the molecule is Cc1c(C)c(C)c(S(=O)(=O)N2CC(C)C(N)C2)c(C)c1C. The first kappa shape index (κ1) is 16.5. The van der Waals surface area contributed by atoms with Gasteiger partial charge in [-0.05, 0) is 68.4 Å². The lowest BCUT2D eigenvalue weighted by atomic mass is 9.95. The molecular weight excluding hydrogens is 284 g/mol. The van der Waals surface area contributed by atoms with Crippen molar-refractivity contribution in [3.8, 4) is 0 Å². The van der Waals surface area contributed by atoms with Crippen molar-refractivity contribution in [3.63, 3.8) is 0 Å². The highest BCUT2D eigenvalue weighted by molar-refractivity contribution is 7.89. The molecule has 1 fully saturated rings.